The highest BCUT2D eigenvalue weighted by molar-refractivity contribution is 9.10. The van der Waals surface area contributed by atoms with Gasteiger partial charge in [0.1, 0.15) is 4.34 Å². The van der Waals surface area contributed by atoms with Crippen LogP contribution in [0.25, 0.3) is 0 Å². The Morgan fingerprint density at radius 1 is 1.29 bits per heavy atom. The Morgan fingerprint density at radius 3 is 2.59 bits per heavy atom. The minimum Gasteiger partial charge on any atom is -0.126 e. The van der Waals surface area contributed by atoms with E-state index < -0.39 is 0 Å². The molecule has 0 aliphatic carbocycles. The average molecular weight is 415 g/mol. The Labute approximate surface area is 131 Å². The fourth-order valence-electron chi connectivity index (χ4n) is 1.54. The lowest BCUT2D eigenvalue weighted by Crippen LogP contribution is -1.93. The van der Waals surface area contributed by atoms with Crippen LogP contribution in [0.1, 0.15) is 20.8 Å². The highest BCUT2D eigenvalue weighted by atomic mass is 79.9. The van der Waals surface area contributed by atoms with E-state index in [2.05, 4.69) is 37.9 Å². The molecule has 0 aliphatic rings. The molecule has 17 heavy (non-hydrogen) atoms. The molecule has 90 valence electrons. The van der Waals surface area contributed by atoms with Crippen LogP contribution >= 0.6 is 66.4 Å². The molecule has 0 N–H and O–H groups in total. The van der Waals surface area contributed by atoms with E-state index in [1.807, 2.05) is 25.1 Å². The molecule has 0 amide bonds. The molecule has 0 fully saturated rings. The molecule has 5 heteroatoms. The largest absolute Gasteiger partial charge is 0.126 e. The lowest BCUT2D eigenvalue weighted by molar-refractivity contribution is 1.18. The Balaban J connectivity index is 2.43. The molecular weight excluding hydrogens is 407 g/mol. The van der Waals surface area contributed by atoms with E-state index in [1.54, 1.807) is 11.3 Å². The van der Waals surface area contributed by atoms with Crippen molar-refractivity contribution in [3.63, 3.8) is 0 Å². The van der Waals surface area contributed by atoms with Crippen molar-refractivity contribution in [1.82, 2.24) is 0 Å². The molecule has 1 atom stereocenters. The average Bonchev–Trinajstić information content (AvgIpc) is 2.62. The molecule has 0 bridgehead atoms. The van der Waals surface area contributed by atoms with Crippen molar-refractivity contribution >= 4 is 66.4 Å². The quantitative estimate of drug-likeness (QED) is 0.485. The van der Waals surface area contributed by atoms with Gasteiger partial charge in [0.15, 0.2) is 0 Å². The highest BCUT2D eigenvalue weighted by Gasteiger charge is 2.17. The van der Waals surface area contributed by atoms with Crippen molar-refractivity contribution in [3.05, 3.63) is 54.1 Å². The van der Waals surface area contributed by atoms with Gasteiger partial charge in [0.05, 0.1) is 4.83 Å². The third kappa shape index (κ3) is 2.90. The molecule has 0 radical (unpaired) electrons. The number of benzene rings is 1. The maximum Gasteiger partial charge on any atom is 0.107 e. The van der Waals surface area contributed by atoms with Gasteiger partial charge in [-0.05, 0) is 46.1 Å². The Kier molecular flexibility index (Phi) is 4.59. The van der Waals surface area contributed by atoms with Gasteiger partial charge in [-0.15, -0.1) is 11.3 Å². The first-order valence-electron chi connectivity index (χ1n) is 4.84. The van der Waals surface area contributed by atoms with Crippen LogP contribution in [0.5, 0.6) is 0 Å². The summed E-state index contributed by atoms with van der Waals surface area (Å²) >= 11 is 20.9. The number of thiophene rings is 1. The molecule has 1 aromatic carbocycles. The summed E-state index contributed by atoms with van der Waals surface area (Å²) in [6.07, 6.45) is 0. The molecule has 0 saturated carbocycles. The van der Waals surface area contributed by atoms with Crippen molar-refractivity contribution in [2.45, 2.75) is 11.8 Å². The summed E-state index contributed by atoms with van der Waals surface area (Å²) < 4.78 is 1.70. The summed E-state index contributed by atoms with van der Waals surface area (Å²) in [4.78, 5) is 1.28. The fraction of sp³-hybridized carbons (Fsp3) is 0.167. The zero-order valence-corrected chi connectivity index (χ0v) is 14.3. The van der Waals surface area contributed by atoms with Crippen LogP contribution in [0.4, 0.5) is 0 Å². The lowest BCUT2D eigenvalue weighted by Gasteiger charge is -2.12. The normalized spacial score (nSPS) is 12.8. The fourth-order valence-corrected chi connectivity index (χ4v) is 4.36. The zero-order valence-electron chi connectivity index (χ0n) is 8.81. The van der Waals surface area contributed by atoms with Crippen LogP contribution in [-0.2, 0) is 0 Å². The summed E-state index contributed by atoms with van der Waals surface area (Å²) in [5.74, 6) is 0. The molecule has 1 aromatic heterocycles. The number of hydrogen-bond donors (Lipinski definition) is 0. The van der Waals surface area contributed by atoms with E-state index in [9.17, 15) is 0 Å². The van der Waals surface area contributed by atoms with Crippen molar-refractivity contribution < 1.29 is 0 Å². The van der Waals surface area contributed by atoms with Gasteiger partial charge >= 0.3 is 0 Å². The van der Waals surface area contributed by atoms with Gasteiger partial charge < -0.3 is 0 Å². The van der Waals surface area contributed by atoms with E-state index in [0.717, 1.165) is 24.3 Å². The van der Waals surface area contributed by atoms with Crippen LogP contribution in [-0.4, -0.2) is 0 Å². The standard InChI is InChI=1S/C12H8Br2Cl2S/c1-6-7(3-2-4-9(6)15)11(14)10-5-8(13)12(16)17-10/h2-5,11H,1H3. The first-order chi connectivity index (χ1) is 8.00. The van der Waals surface area contributed by atoms with Crippen molar-refractivity contribution in [2.24, 2.45) is 0 Å². The summed E-state index contributed by atoms with van der Waals surface area (Å²) in [7, 11) is 0. The number of alkyl halides is 1. The highest BCUT2D eigenvalue weighted by Crippen LogP contribution is 2.42. The summed E-state index contributed by atoms with van der Waals surface area (Å²) in [6, 6.07) is 7.97. The molecule has 1 heterocycles. The van der Waals surface area contributed by atoms with Crippen LogP contribution in [0.2, 0.25) is 9.36 Å². The van der Waals surface area contributed by atoms with Gasteiger partial charge in [0.2, 0.25) is 0 Å². The van der Waals surface area contributed by atoms with Gasteiger partial charge in [-0.2, -0.15) is 0 Å². The third-order valence-electron chi connectivity index (χ3n) is 2.50. The SMILES string of the molecule is Cc1c(Cl)cccc1C(Br)c1cc(Br)c(Cl)s1. The monoisotopic (exact) mass is 412 g/mol. The predicted molar refractivity (Wildman–Crippen MR) is 84.0 cm³/mol. The minimum absolute atomic E-state index is 0.120. The van der Waals surface area contributed by atoms with E-state index in [4.69, 9.17) is 23.2 Å². The van der Waals surface area contributed by atoms with Crippen LogP contribution < -0.4 is 0 Å². The maximum absolute atomic E-state index is 6.13. The van der Waals surface area contributed by atoms with Crippen molar-refractivity contribution in [1.29, 1.82) is 0 Å². The third-order valence-corrected chi connectivity index (χ3v) is 6.74. The van der Waals surface area contributed by atoms with Gasteiger partial charge in [0, 0.05) is 14.4 Å². The molecule has 2 aromatic rings. The van der Waals surface area contributed by atoms with Crippen LogP contribution in [0.3, 0.4) is 0 Å². The smallest absolute Gasteiger partial charge is 0.107 e. The summed E-state index contributed by atoms with van der Waals surface area (Å²) in [5.41, 5.74) is 2.26. The number of rotatable bonds is 2. The van der Waals surface area contributed by atoms with Gasteiger partial charge in [-0.25, -0.2) is 0 Å². The molecule has 0 nitrogen and oxygen atoms in total. The molecule has 2 rings (SSSR count). The molecule has 1 unspecified atom stereocenters. The van der Waals surface area contributed by atoms with E-state index in [-0.39, 0.29) is 4.83 Å². The Bertz CT molecular complexity index is 532. The second kappa shape index (κ2) is 5.62. The number of hydrogen-bond acceptors (Lipinski definition) is 1. The maximum atomic E-state index is 6.13. The zero-order chi connectivity index (χ0) is 12.6. The lowest BCUT2D eigenvalue weighted by atomic mass is 10.1. The van der Waals surface area contributed by atoms with Gasteiger partial charge in [-0.1, -0.05) is 51.3 Å². The Hall–Kier alpha value is 0.460. The Morgan fingerprint density at radius 2 is 2.00 bits per heavy atom. The van der Waals surface area contributed by atoms with Crippen molar-refractivity contribution in [3.8, 4) is 0 Å². The van der Waals surface area contributed by atoms with Gasteiger partial charge in [-0.3, -0.25) is 0 Å². The number of halogens is 4. The van der Waals surface area contributed by atoms with Crippen LogP contribution in [0, 0.1) is 6.92 Å². The first-order valence-corrected chi connectivity index (χ1v) is 8.12. The first kappa shape index (κ1) is 13.9. The topological polar surface area (TPSA) is 0 Å². The molecule has 0 saturated heterocycles. The molecule has 0 aliphatic heterocycles. The molecule has 0 spiro atoms. The van der Waals surface area contributed by atoms with E-state index in [1.165, 1.54) is 5.56 Å². The second-order valence-corrected chi connectivity index (χ2v) is 7.45. The summed E-state index contributed by atoms with van der Waals surface area (Å²) in [5, 5.41) is 0.786. The van der Waals surface area contributed by atoms with Crippen molar-refractivity contribution in [2.75, 3.05) is 0 Å². The molecular formula is C12H8Br2Cl2S. The van der Waals surface area contributed by atoms with E-state index >= 15 is 0 Å². The second-order valence-electron chi connectivity index (χ2n) is 3.59. The van der Waals surface area contributed by atoms with E-state index in [0.29, 0.717) is 0 Å². The van der Waals surface area contributed by atoms with Crippen LogP contribution in [0.15, 0.2) is 28.7 Å². The van der Waals surface area contributed by atoms with Gasteiger partial charge in [0.25, 0.3) is 0 Å². The predicted octanol–water partition coefficient (Wildman–Crippen LogP) is 6.61. The minimum atomic E-state index is 0.120. The summed E-state index contributed by atoms with van der Waals surface area (Å²) in [6.45, 7) is 2.02.